The summed E-state index contributed by atoms with van der Waals surface area (Å²) < 4.78 is 1.19. The number of aliphatic hydroxyl groups excluding tert-OH is 1. The summed E-state index contributed by atoms with van der Waals surface area (Å²) in [7, 11) is 0. The van der Waals surface area contributed by atoms with E-state index < -0.39 is 0 Å². The SMILES string of the molecule is CC1CSC(CO)=C1Br. The van der Waals surface area contributed by atoms with Gasteiger partial charge in [0.1, 0.15) is 0 Å². The lowest BCUT2D eigenvalue weighted by atomic mass is 10.2. The van der Waals surface area contributed by atoms with Gasteiger partial charge in [-0.25, -0.2) is 0 Å². The highest BCUT2D eigenvalue weighted by Gasteiger charge is 2.19. The number of aliphatic hydroxyl groups is 1. The van der Waals surface area contributed by atoms with Gasteiger partial charge in [-0.2, -0.15) is 0 Å². The van der Waals surface area contributed by atoms with Crippen LogP contribution in [0.25, 0.3) is 0 Å². The van der Waals surface area contributed by atoms with Crippen LogP contribution in [0, 0.1) is 5.92 Å². The zero-order valence-corrected chi connectivity index (χ0v) is 7.63. The van der Waals surface area contributed by atoms with Crippen LogP contribution in [0.5, 0.6) is 0 Å². The molecule has 1 unspecified atom stereocenters. The van der Waals surface area contributed by atoms with Crippen molar-refractivity contribution < 1.29 is 5.11 Å². The zero-order valence-electron chi connectivity index (χ0n) is 5.22. The largest absolute Gasteiger partial charge is 0.391 e. The Hall–Kier alpha value is 0.530. The smallest absolute Gasteiger partial charge is 0.0748 e. The molecule has 1 atom stereocenters. The Kier molecular flexibility index (Phi) is 2.61. The molecular weight excluding hydrogens is 200 g/mol. The summed E-state index contributed by atoms with van der Waals surface area (Å²) in [6, 6.07) is 0. The lowest BCUT2D eigenvalue weighted by molar-refractivity contribution is 0.339. The van der Waals surface area contributed by atoms with Crippen LogP contribution in [-0.2, 0) is 0 Å². The fourth-order valence-electron chi connectivity index (χ4n) is 0.764. The molecule has 0 aliphatic carbocycles. The average Bonchev–Trinajstić information content (AvgIpc) is 2.15. The topological polar surface area (TPSA) is 20.2 Å². The second kappa shape index (κ2) is 3.08. The number of halogens is 1. The lowest BCUT2D eigenvalue weighted by Gasteiger charge is -1.97. The first-order valence-corrected chi connectivity index (χ1v) is 4.65. The Bertz CT molecular complexity index is 144. The molecular formula is C6H9BrOS. The van der Waals surface area contributed by atoms with Crippen LogP contribution in [0.15, 0.2) is 9.39 Å². The maximum atomic E-state index is 8.75. The van der Waals surface area contributed by atoms with E-state index in [0.717, 1.165) is 10.7 Å². The molecule has 1 aliphatic heterocycles. The van der Waals surface area contributed by atoms with Gasteiger partial charge in [0.2, 0.25) is 0 Å². The van der Waals surface area contributed by atoms with Crippen LogP contribution in [0.2, 0.25) is 0 Å². The molecule has 0 saturated heterocycles. The molecule has 0 saturated carbocycles. The van der Waals surface area contributed by atoms with E-state index in [1.54, 1.807) is 11.8 Å². The molecule has 0 amide bonds. The normalized spacial score (nSPS) is 27.7. The molecule has 52 valence electrons. The third-order valence-electron chi connectivity index (χ3n) is 1.35. The van der Waals surface area contributed by atoms with Crippen molar-refractivity contribution in [3.8, 4) is 0 Å². The van der Waals surface area contributed by atoms with Gasteiger partial charge < -0.3 is 5.11 Å². The number of allylic oxidation sites excluding steroid dienone is 1. The third-order valence-corrected chi connectivity index (χ3v) is 4.24. The van der Waals surface area contributed by atoms with Crippen molar-refractivity contribution in [1.82, 2.24) is 0 Å². The Balaban J connectivity index is 2.68. The highest BCUT2D eigenvalue weighted by molar-refractivity contribution is 9.11. The van der Waals surface area contributed by atoms with Gasteiger partial charge in [0.15, 0.2) is 0 Å². The Labute approximate surface area is 67.7 Å². The number of hydrogen-bond acceptors (Lipinski definition) is 2. The molecule has 0 spiro atoms. The second-order valence-corrected chi connectivity index (χ2v) is 4.11. The second-order valence-electron chi connectivity index (χ2n) is 2.14. The monoisotopic (exact) mass is 208 g/mol. The summed E-state index contributed by atoms with van der Waals surface area (Å²) in [6.07, 6.45) is 0. The van der Waals surface area contributed by atoms with Crippen LogP contribution in [0.3, 0.4) is 0 Å². The van der Waals surface area contributed by atoms with Gasteiger partial charge in [0.25, 0.3) is 0 Å². The first kappa shape index (κ1) is 7.63. The van der Waals surface area contributed by atoms with Crippen molar-refractivity contribution in [2.45, 2.75) is 6.92 Å². The summed E-state index contributed by atoms with van der Waals surface area (Å²) in [5.74, 6) is 1.70. The maximum absolute atomic E-state index is 8.75. The van der Waals surface area contributed by atoms with Crippen molar-refractivity contribution in [2.24, 2.45) is 5.92 Å². The van der Waals surface area contributed by atoms with Gasteiger partial charge in [0.05, 0.1) is 6.61 Å². The van der Waals surface area contributed by atoms with E-state index >= 15 is 0 Å². The average molecular weight is 209 g/mol. The summed E-state index contributed by atoms with van der Waals surface area (Å²) in [6.45, 7) is 2.34. The van der Waals surface area contributed by atoms with Gasteiger partial charge in [-0.3, -0.25) is 0 Å². The molecule has 1 rings (SSSR count). The number of rotatable bonds is 1. The predicted octanol–water partition coefficient (Wildman–Crippen LogP) is 1.97. The molecule has 0 aromatic heterocycles. The molecule has 0 aromatic carbocycles. The van der Waals surface area contributed by atoms with Gasteiger partial charge in [-0.15, -0.1) is 11.8 Å². The predicted molar refractivity (Wildman–Crippen MR) is 44.7 cm³/mol. The first-order chi connectivity index (χ1) is 4.25. The Morgan fingerprint density at radius 1 is 1.89 bits per heavy atom. The highest BCUT2D eigenvalue weighted by Crippen LogP contribution is 2.38. The van der Waals surface area contributed by atoms with Crippen LogP contribution >= 0.6 is 27.7 Å². The fourth-order valence-corrected chi connectivity index (χ4v) is 2.66. The van der Waals surface area contributed by atoms with Crippen molar-refractivity contribution >= 4 is 27.7 Å². The Morgan fingerprint density at radius 3 is 2.78 bits per heavy atom. The fraction of sp³-hybridized carbons (Fsp3) is 0.667. The number of thioether (sulfide) groups is 1. The third kappa shape index (κ3) is 1.51. The van der Waals surface area contributed by atoms with Crippen molar-refractivity contribution in [1.29, 1.82) is 0 Å². The Morgan fingerprint density at radius 2 is 2.56 bits per heavy atom. The van der Waals surface area contributed by atoms with Gasteiger partial charge in [-0.05, 0) is 5.92 Å². The van der Waals surface area contributed by atoms with Crippen LogP contribution < -0.4 is 0 Å². The molecule has 1 heterocycles. The van der Waals surface area contributed by atoms with Crippen molar-refractivity contribution in [3.63, 3.8) is 0 Å². The lowest BCUT2D eigenvalue weighted by Crippen LogP contribution is -1.90. The molecule has 0 radical (unpaired) electrons. The van der Waals surface area contributed by atoms with Gasteiger partial charge in [0, 0.05) is 15.1 Å². The first-order valence-electron chi connectivity index (χ1n) is 2.88. The summed E-state index contributed by atoms with van der Waals surface area (Å²) in [4.78, 5) is 1.10. The zero-order chi connectivity index (χ0) is 6.85. The van der Waals surface area contributed by atoms with E-state index in [2.05, 4.69) is 22.9 Å². The quantitative estimate of drug-likeness (QED) is 0.712. The molecule has 1 aliphatic rings. The van der Waals surface area contributed by atoms with Crippen LogP contribution in [0.4, 0.5) is 0 Å². The van der Waals surface area contributed by atoms with Crippen LogP contribution in [0.1, 0.15) is 6.92 Å². The van der Waals surface area contributed by atoms with E-state index in [4.69, 9.17) is 5.11 Å². The van der Waals surface area contributed by atoms with E-state index in [9.17, 15) is 0 Å². The molecule has 1 N–H and O–H groups in total. The summed E-state index contributed by atoms with van der Waals surface area (Å²) in [5, 5.41) is 8.75. The molecule has 0 bridgehead atoms. The van der Waals surface area contributed by atoms with E-state index in [1.165, 1.54) is 4.48 Å². The minimum Gasteiger partial charge on any atom is -0.391 e. The minimum absolute atomic E-state index is 0.190. The van der Waals surface area contributed by atoms with Crippen molar-refractivity contribution in [3.05, 3.63) is 9.39 Å². The standard InChI is InChI=1S/C6H9BrOS/c1-4-3-9-5(2-8)6(4)7/h4,8H,2-3H2,1H3. The molecule has 1 nitrogen and oxygen atoms in total. The summed E-state index contributed by atoms with van der Waals surface area (Å²) in [5.41, 5.74) is 0. The highest BCUT2D eigenvalue weighted by atomic mass is 79.9. The van der Waals surface area contributed by atoms with Gasteiger partial charge in [-0.1, -0.05) is 22.9 Å². The summed E-state index contributed by atoms with van der Waals surface area (Å²) >= 11 is 5.17. The van der Waals surface area contributed by atoms with E-state index in [0.29, 0.717) is 5.92 Å². The van der Waals surface area contributed by atoms with Crippen LogP contribution in [-0.4, -0.2) is 17.5 Å². The molecule has 3 heteroatoms. The molecule has 9 heavy (non-hydrogen) atoms. The maximum Gasteiger partial charge on any atom is 0.0748 e. The molecule has 0 fully saturated rings. The minimum atomic E-state index is 0.190. The van der Waals surface area contributed by atoms with Gasteiger partial charge >= 0.3 is 0 Å². The number of hydrogen-bond donors (Lipinski definition) is 1. The van der Waals surface area contributed by atoms with E-state index in [1.807, 2.05) is 0 Å². The van der Waals surface area contributed by atoms with E-state index in [-0.39, 0.29) is 6.61 Å². The molecule has 0 aromatic rings. The van der Waals surface area contributed by atoms with Crippen molar-refractivity contribution in [2.75, 3.05) is 12.4 Å².